The number of nitrogens with one attached hydrogen (secondary N) is 1. The molecule has 0 spiro atoms. The van der Waals surface area contributed by atoms with Gasteiger partial charge in [0.2, 0.25) is 10.0 Å². The van der Waals surface area contributed by atoms with Crippen molar-refractivity contribution < 1.29 is 17.9 Å². The number of benzene rings is 1. The van der Waals surface area contributed by atoms with Crippen LogP contribution in [0.3, 0.4) is 0 Å². The number of carbonyl (C=O) groups is 1. The number of hydrogen-bond donors (Lipinski definition) is 1. The van der Waals surface area contributed by atoms with Crippen molar-refractivity contribution in [2.45, 2.75) is 50.2 Å². The number of carbonyl (C=O) groups excluding carboxylic acids is 1. The van der Waals surface area contributed by atoms with E-state index in [0.717, 1.165) is 10.9 Å². The molecule has 24 heavy (non-hydrogen) atoms. The van der Waals surface area contributed by atoms with E-state index in [-0.39, 0.29) is 10.9 Å². The van der Waals surface area contributed by atoms with Crippen LogP contribution in [-0.2, 0) is 14.8 Å². The lowest BCUT2D eigenvalue weighted by Gasteiger charge is -2.34. The predicted molar refractivity (Wildman–Crippen MR) is 95.3 cm³/mol. The highest BCUT2D eigenvalue weighted by atomic mass is 79.9. The molecule has 0 unspecified atom stereocenters. The molecule has 0 saturated carbocycles. The van der Waals surface area contributed by atoms with E-state index >= 15 is 0 Å². The topological polar surface area (TPSA) is 75.7 Å². The van der Waals surface area contributed by atoms with Gasteiger partial charge in [0.15, 0.2) is 0 Å². The molecule has 0 bridgehead atoms. The molecule has 0 aliphatic carbocycles. The molecule has 1 aromatic rings. The molecule has 1 fully saturated rings. The SMILES string of the molecule is CC(C)(C)OC(=O)N1CCC[C@H](NS(=O)(=O)c2ccc(Br)cc2)C1. The maximum atomic E-state index is 12.5. The molecule has 1 heterocycles. The normalized spacial score (nSPS) is 19.2. The Morgan fingerprint density at radius 2 is 1.92 bits per heavy atom. The highest BCUT2D eigenvalue weighted by Gasteiger charge is 2.30. The maximum absolute atomic E-state index is 12.5. The van der Waals surface area contributed by atoms with Crippen LogP contribution >= 0.6 is 15.9 Å². The van der Waals surface area contributed by atoms with Crippen LogP contribution in [0.1, 0.15) is 33.6 Å². The van der Waals surface area contributed by atoms with Crippen LogP contribution in [-0.4, -0.2) is 44.1 Å². The van der Waals surface area contributed by atoms with E-state index in [2.05, 4.69) is 20.7 Å². The molecule has 6 nitrogen and oxygen atoms in total. The first-order valence-electron chi connectivity index (χ1n) is 7.83. The van der Waals surface area contributed by atoms with E-state index in [9.17, 15) is 13.2 Å². The number of ether oxygens (including phenoxy) is 1. The van der Waals surface area contributed by atoms with Crippen molar-refractivity contribution in [1.29, 1.82) is 0 Å². The number of hydrogen-bond acceptors (Lipinski definition) is 4. The minimum atomic E-state index is -3.61. The lowest BCUT2D eigenvalue weighted by atomic mass is 10.1. The van der Waals surface area contributed by atoms with Crippen molar-refractivity contribution in [1.82, 2.24) is 9.62 Å². The first-order chi connectivity index (χ1) is 11.1. The van der Waals surface area contributed by atoms with Crippen molar-refractivity contribution in [2.75, 3.05) is 13.1 Å². The van der Waals surface area contributed by atoms with Crippen LogP contribution in [0, 0.1) is 0 Å². The average molecular weight is 419 g/mol. The third-order valence-corrected chi connectivity index (χ3v) is 5.58. The highest BCUT2D eigenvalue weighted by molar-refractivity contribution is 9.10. The quantitative estimate of drug-likeness (QED) is 0.817. The van der Waals surface area contributed by atoms with Crippen molar-refractivity contribution >= 4 is 32.0 Å². The number of likely N-dealkylation sites (tertiary alicyclic amines) is 1. The summed E-state index contributed by atoms with van der Waals surface area (Å²) in [6.45, 7) is 6.31. The van der Waals surface area contributed by atoms with Crippen LogP contribution in [0.2, 0.25) is 0 Å². The summed E-state index contributed by atoms with van der Waals surface area (Å²) in [6, 6.07) is 6.13. The second kappa shape index (κ2) is 7.41. The van der Waals surface area contributed by atoms with E-state index in [0.29, 0.717) is 19.5 Å². The van der Waals surface area contributed by atoms with Gasteiger partial charge in [0.25, 0.3) is 0 Å². The molecule has 1 N–H and O–H groups in total. The lowest BCUT2D eigenvalue weighted by molar-refractivity contribution is 0.0195. The summed E-state index contributed by atoms with van der Waals surface area (Å²) < 4.78 is 33.8. The van der Waals surface area contributed by atoms with Gasteiger partial charge in [-0.25, -0.2) is 17.9 Å². The molecule has 1 saturated heterocycles. The van der Waals surface area contributed by atoms with Crippen LogP contribution in [0.25, 0.3) is 0 Å². The van der Waals surface area contributed by atoms with Crippen LogP contribution in [0.15, 0.2) is 33.6 Å². The number of piperidine rings is 1. The zero-order valence-corrected chi connectivity index (χ0v) is 16.5. The monoisotopic (exact) mass is 418 g/mol. The number of nitrogens with zero attached hydrogens (tertiary/aromatic N) is 1. The standard InChI is InChI=1S/C16H23BrN2O4S/c1-16(2,3)23-15(20)19-10-4-5-13(11-19)18-24(21,22)14-8-6-12(17)7-9-14/h6-9,13,18H,4-5,10-11H2,1-3H3/t13-/m0/s1. The van der Waals surface area contributed by atoms with Gasteiger partial charge in [-0.1, -0.05) is 15.9 Å². The Kier molecular flexibility index (Phi) is 5.93. The summed E-state index contributed by atoms with van der Waals surface area (Å²) in [4.78, 5) is 13.9. The summed E-state index contributed by atoms with van der Waals surface area (Å²) in [7, 11) is -3.61. The summed E-state index contributed by atoms with van der Waals surface area (Å²) >= 11 is 3.29. The minimum Gasteiger partial charge on any atom is -0.444 e. The molecule has 1 atom stereocenters. The largest absolute Gasteiger partial charge is 0.444 e. The highest BCUT2D eigenvalue weighted by Crippen LogP contribution is 2.19. The van der Waals surface area contributed by atoms with Gasteiger partial charge in [0.05, 0.1) is 4.90 Å². The number of halogens is 1. The van der Waals surface area contributed by atoms with E-state index in [1.54, 1.807) is 29.2 Å². The third-order valence-electron chi connectivity index (χ3n) is 3.52. The Morgan fingerprint density at radius 3 is 2.50 bits per heavy atom. The fraction of sp³-hybridized carbons (Fsp3) is 0.562. The Labute approximate surface area is 151 Å². The van der Waals surface area contributed by atoms with Crippen LogP contribution < -0.4 is 4.72 Å². The average Bonchev–Trinajstić information content (AvgIpc) is 2.45. The van der Waals surface area contributed by atoms with Crippen molar-refractivity contribution in [2.24, 2.45) is 0 Å². The van der Waals surface area contributed by atoms with Gasteiger partial charge in [-0.2, -0.15) is 0 Å². The predicted octanol–water partition coefficient (Wildman–Crippen LogP) is 3.13. The molecule has 2 rings (SSSR count). The van der Waals surface area contributed by atoms with E-state index in [4.69, 9.17) is 4.74 Å². The molecule has 1 amide bonds. The van der Waals surface area contributed by atoms with E-state index < -0.39 is 21.7 Å². The van der Waals surface area contributed by atoms with Gasteiger partial charge in [-0.15, -0.1) is 0 Å². The fourth-order valence-corrected chi connectivity index (χ4v) is 3.99. The van der Waals surface area contributed by atoms with Gasteiger partial charge in [0, 0.05) is 23.6 Å². The van der Waals surface area contributed by atoms with Crippen molar-refractivity contribution in [3.8, 4) is 0 Å². The van der Waals surface area contributed by atoms with Crippen LogP contribution in [0.5, 0.6) is 0 Å². The zero-order chi connectivity index (χ0) is 18.0. The molecule has 1 aliphatic heterocycles. The minimum absolute atomic E-state index is 0.208. The van der Waals surface area contributed by atoms with Crippen molar-refractivity contribution in [3.05, 3.63) is 28.7 Å². The molecule has 1 aromatic carbocycles. The second-order valence-corrected chi connectivity index (χ2v) is 9.47. The Morgan fingerprint density at radius 1 is 1.29 bits per heavy atom. The first kappa shape index (κ1) is 19.2. The van der Waals surface area contributed by atoms with Crippen molar-refractivity contribution in [3.63, 3.8) is 0 Å². The summed E-state index contributed by atoms with van der Waals surface area (Å²) in [6.07, 6.45) is 1.01. The van der Waals surface area contributed by atoms with Crippen LogP contribution in [0.4, 0.5) is 4.79 Å². The van der Waals surface area contributed by atoms with Gasteiger partial charge >= 0.3 is 6.09 Å². The van der Waals surface area contributed by atoms with E-state index in [1.807, 2.05) is 20.8 Å². The maximum Gasteiger partial charge on any atom is 0.410 e. The second-order valence-electron chi connectivity index (χ2n) is 6.84. The van der Waals surface area contributed by atoms with Gasteiger partial charge in [-0.05, 0) is 57.9 Å². The first-order valence-corrected chi connectivity index (χ1v) is 10.1. The van der Waals surface area contributed by atoms with Gasteiger partial charge in [0.1, 0.15) is 5.60 Å². The Balaban J connectivity index is 2.02. The van der Waals surface area contributed by atoms with Gasteiger partial charge in [-0.3, -0.25) is 0 Å². The summed E-state index contributed by atoms with van der Waals surface area (Å²) in [5.74, 6) is 0. The Hall–Kier alpha value is -1.12. The summed E-state index contributed by atoms with van der Waals surface area (Å²) in [5.41, 5.74) is -0.568. The Bertz CT molecular complexity index is 683. The number of rotatable bonds is 3. The number of sulfonamides is 1. The molecule has 1 aliphatic rings. The molecule has 0 aromatic heterocycles. The molecule has 8 heteroatoms. The summed E-state index contributed by atoms with van der Waals surface area (Å²) in [5, 5.41) is 0. The lowest BCUT2D eigenvalue weighted by Crippen LogP contribution is -2.50. The molecule has 0 radical (unpaired) electrons. The number of amides is 1. The zero-order valence-electron chi connectivity index (χ0n) is 14.1. The fourth-order valence-electron chi connectivity index (χ4n) is 2.47. The van der Waals surface area contributed by atoms with E-state index in [1.165, 1.54) is 0 Å². The molecular formula is C16H23BrN2O4S. The van der Waals surface area contributed by atoms with Gasteiger partial charge < -0.3 is 9.64 Å². The molecular weight excluding hydrogens is 396 g/mol. The molecule has 134 valence electrons. The third kappa shape index (κ3) is 5.46. The smallest absolute Gasteiger partial charge is 0.410 e.